The van der Waals surface area contributed by atoms with Gasteiger partial charge in [-0.1, -0.05) is 39.6 Å². The number of rotatable bonds is 5. The number of hydrogen-bond acceptors (Lipinski definition) is 3. The Kier molecular flexibility index (Phi) is 6.11. The molecular formula is C12H15BrClN3O2. The molecule has 104 valence electrons. The number of hydrogen-bond donors (Lipinski definition) is 3. The summed E-state index contributed by atoms with van der Waals surface area (Å²) >= 11 is 9.17. The Morgan fingerprint density at radius 2 is 2.26 bits per heavy atom. The number of halogens is 2. The van der Waals surface area contributed by atoms with E-state index < -0.39 is 0 Å². The molecule has 0 radical (unpaired) electrons. The summed E-state index contributed by atoms with van der Waals surface area (Å²) in [6, 6.07) is 4.77. The maximum absolute atomic E-state index is 12.1. The van der Waals surface area contributed by atoms with Crippen molar-refractivity contribution in [2.75, 3.05) is 0 Å². The quantitative estimate of drug-likeness (QED) is 0.331. The van der Waals surface area contributed by atoms with Gasteiger partial charge in [-0.2, -0.15) is 0 Å². The van der Waals surface area contributed by atoms with Crippen molar-refractivity contribution in [2.24, 2.45) is 10.9 Å². The molecule has 0 heterocycles. The monoisotopic (exact) mass is 347 g/mol. The Labute approximate surface area is 124 Å². The maximum atomic E-state index is 12.1. The molecule has 0 spiro atoms. The van der Waals surface area contributed by atoms with E-state index in [0.29, 0.717) is 23.4 Å². The predicted octanol–water partition coefficient (Wildman–Crippen LogP) is 2.75. The topological polar surface area (TPSA) is 87.7 Å². The number of carbonyl (C=O) groups is 1. The molecule has 0 saturated carbocycles. The lowest BCUT2D eigenvalue weighted by Crippen LogP contribution is -2.37. The van der Waals surface area contributed by atoms with Crippen molar-refractivity contribution in [2.45, 2.75) is 25.8 Å². The van der Waals surface area contributed by atoms with Crippen LogP contribution < -0.4 is 11.1 Å². The van der Waals surface area contributed by atoms with Crippen LogP contribution in [0.15, 0.2) is 27.8 Å². The highest BCUT2D eigenvalue weighted by Crippen LogP contribution is 2.19. The summed E-state index contributed by atoms with van der Waals surface area (Å²) in [5.41, 5.74) is 5.89. The van der Waals surface area contributed by atoms with Crippen LogP contribution in [-0.4, -0.2) is 23.0 Å². The first-order valence-corrected chi connectivity index (χ1v) is 6.86. The van der Waals surface area contributed by atoms with Gasteiger partial charge >= 0.3 is 0 Å². The molecule has 1 rings (SSSR count). The molecule has 0 fully saturated rings. The zero-order valence-electron chi connectivity index (χ0n) is 10.4. The van der Waals surface area contributed by atoms with Crippen LogP contribution in [0.3, 0.4) is 0 Å². The molecule has 7 heteroatoms. The Bertz CT molecular complexity index is 474. The summed E-state index contributed by atoms with van der Waals surface area (Å²) < 4.78 is 0.731. The molecule has 4 N–H and O–H groups in total. The first kappa shape index (κ1) is 15.8. The molecule has 19 heavy (non-hydrogen) atoms. The fourth-order valence-corrected chi connectivity index (χ4v) is 2.40. The summed E-state index contributed by atoms with van der Waals surface area (Å²) in [6.45, 7) is 1.91. The highest BCUT2D eigenvalue weighted by molar-refractivity contribution is 9.10. The first-order valence-electron chi connectivity index (χ1n) is 5.69. The van der Waals surface area contributed by atoms with E-state index in [1.807, 2.05) is 6.92 Å². The van der Waals surface area contributed by atoms with Gasteiger partial charge in [0.15, 0.2) is 0 Å². The number of nitrogens with two attached hydrogens (primary N) is 1. The first-order chi connectivity index (χ1) is 8.96. The molecule has 0 aliphatic rings. The lowest BCUT2D eigenvalue weighted by molar-refractivity contribution is 0.0937. The molecular weight excluding hydrogens is 334 g/mol. The second-order valence-corrected chi connectivity index (χ2v) is 5.38. The van der Waals surface area contributed by atoms with Crippen molar-refractivity contribution in [3.8, 4) is 0 Å². The second-order valence-electron chi connectivity index (χ2n) is 4.03. The van der Waals surface area contributed by atoms with Crippen molar-refractivity contribution in [3.63, 3.8) is 0 Å². The van der Waals surface area contributed by atoms with Gasteiger partial charge in [0.05, 0.1) is 0 Å². The van der Waals surface area contributed by atoms with E-state index in [-0.39, 0.29) is 17.8 Å². The molecule has 1 aromatic carbocycles. The van der Waals surface area contributed by atoms with E-state index in [1.54, 1.807) is 18.2 Å². The zero-order chi connectivity index (χ0) is 14.4. The number of oxime groups is 1. The van der Waals surface area contributed by atoms with Crippen molar-refractivity contribution < 1.29 is 10.0 Å². The lowest BCUT2D eigenvalue weighted by Gasteiger charge is -2.16. The molecule has 1 atom stereocenters. The average molecular weight is 349 g/mol. The number of amides is 1. The number of benzene rings is 1. The summed E-state index contributed by atoms with van der Waals surface area (Å²) in [6.07, 6.45) is 0.962. The van der Waals surface area contributed by atoms with Gasteiger partial charge in [0.1, 0.15) is 5.84 Å². The van der Waals surface area contributed by atoms with Crippen LogP contribution in [0.1, 0.15) is 30.1 Å². The van der Waals surface area contributed by atoms with Gasteiger partial charge in [-0.25, -0.2) is 0 Å². The second kappa shape index (κ2) is 7.35. The Hall–Kier alpha value is -1.27. The molecule has 0 aliphatic carbocycles. The van der Waals surface area contributed by atoms with Gasteiger partial charge in [0.25, 0.3) is 5.91 Å². The standard InChI is InChI=1S/C12H15BrClN3O2/c1-2-10(6-11(15)17-19)16-12(18)7-3-8(13)5-9(14)4-7/h3-5,10,19H,2,6H2,1H3,(H2,15,17)(H,16,18). The van der Waals surface area contributed by atoms with Gasteiger partial charge in [-0.05, 0) is 24.6 Å². The van der Waals surface area contributed by atoms with E-state index in [4.69, 9.17) is 22.5 Å². The minimum atomic E-state index is -0.249. The third-order valence-electron chi connectivity index (χ3n) is 2.54. The molecule has 0 aromatic heterocycles. The highest BCUT2D eigenvalue weighted by atomic mass is 79.9. The van der Waals surface area contributed by atoms with Gasteiger partial charge in [0.2, 0.25) is 0 Å². The predicted molar refractivity (Wildman–Crippen MR) is 78.7 cm³/mol. The van der Waals surface area contributed by atoms with E-state index in [0.717, 1.165) is 4.47 Å². The number of amidine groups is 1. The normalized spacial score (nSPS) is 13.1. The van der Waals surface area contributed by atoms with Crippen LogP contribution in [-0.2, 0) is 0 Å². The van der Waals surface area contributed by atoms with Gasteiger partial charge in [-0.15, -0.1) is 0 Å². The van der Waals surface area contributed by atoms with E-state index in [1.165, 1.54) is 0 Å². The molecule has 1 amide bonds. The fourth-order valence-electron chi connectivity index (χ4n) is 1.54. The van der Waals surface area contributed by atoms with Crippen LogP contribution in [0.2, 0.25) is 5.02 Å². The Morgan fingerprint density at radius 3 is 2.79 bits per heavy atom. The lowest BCUT2D eigenvalue weighted by atomic mass is 10.1. The summed E-state index contributed by atoms with van der Waals surface area (Å²) in [7, 11) is 0. The maximum Gasteiger partial charge on any atom is 0.251 e. The fraction of sp³-hybridized carbons (Fsp3) is 0.333. The molecule has 0 saturated heterocycles. The third-order valence-corrected chi connectivity index (χ3v) is 3.21. The minimum Gasteiger partial charge on any atom is -0.409 e. The average Bonchev–Trinajstić information content (AvgIpc) is 2.36. The van der Waals surface area contributed by atoms with Crippen LogP contribution in [0.4, 0.5) is 0 Å². The number of nitrogens with zero attached hydrogens (tertiary/aromatic N) is 1. The Morgan fingerprint density at radius 1 is 1.58 bits per heavy atom. The SMILES string of the molecule is CCC(C/C(N)=N/O)NC(=O)c1cc(Cl)cc(Br)c1. The summed E-state index contributed by atoms with van der Waals surface area (Å²) in [4.78, 5) is 12.1. The van der Waals surface area contributed by atoms with Crippen molar-refractivity contribution in [1.82, 2.24) is 5.32 Å². The molecule has 0 bridgehead atoms. The van der Waals surface area contributed by atoms with Crippen LogP contribution in [0.5, 0.6) is 0 Å². The summed E-state index contributed by atoms with van der Waals surface area (Å²) in [5.74, 6) is -0.166. The van der Waals surface area contributed by atoms with Gasteiger partial charge in [0, 0.05) is 27.5 Å². The summed E-state index contributed by atoms with van der Waals surface area (Å²) in [5, 5.41) is 14.7. The van der Waals surface area contributed by atoms with E-state index >= 15 is 0 Å². The minimum absolute atomic E-state index is 0.0828. The van der Waals surface area contributed by atoms with Crippen LogP contribution >= 0.6 is 27.5 Å². The molecule has 1 aromatic rings. The van der Waals surface area contributed by atoms with Crippen LogP contribution in [0, 0.1) is 0 Å². The van der Waals surface area contributed by atoms with E-state index in [9.17, 15) is 4.79 Å². The molecule has 1 unspecified atom stereocenters. The van der Waals surface area contributed by atoms with E-state index in [2.05, 4.69) is 26.4 Å². The Balaban J connectivity index is 2.77. The van der Waals surface area contributed by atoms with Crippen LogP contribution in [0.25, 0.3) is 0 Å². The van der Waals surface area contributed by atoms with Crippen molar-refractivity contribution in [1.29, 1.82) is 0 Å². The number of nitrogens with one attached hydrogen (secondary N) is 1. The zero-order valence-corrected chi connectivity index (χ0v) is 12.7. The van der Waals surface area contributed by atoms with Crippen molar-refractivity contribution >= 4 is 39.3 Å². The van der Waals surface area contributed by atoms with Gasteiger partial charge < -0.3 is 16.3 Å². The molecule has 5 nitrogen and oxygen atoms in total. The van der Waals surface area contributed by atoms with Crippen molar-refractivity contribution in [3.05, 3.63) is 33.3 Å². The smallest absolute Gasteiger partial charge is 0.251 e. The molecule has 0 aliphatic heterocycles. The third kappa shape index (κ3) is 5.08. The van der Waals surface area contributed by atoms with Gasteiger partial charge in [-0.3, -0.25) is 4.79 Å². The largest absolute Gasteiger partial charge is 0.409 e. The number of carbonyl (C=O) groups excluding carboxylic acids is 1. The highest BCUT2D eigenvalue weighted by Gasteiger charge is 2.14.